The molecule has 0 radical (unpaired) electrons. The molecule has 0 saturated carbocycles. The molecule has 1 aromatic carbocycles. The van der Waals surface area contributed by atoms with Gasteiger partial charge in [0.25, 0.3) is 0 Å². The van der Waals surface area contributed by atoms with E-state index in [4.69, 9.17) is 5.11 Å². The SMILES string of the molecule is CC(C)(Cc1ccccc1)NCC(C)(O)C(=O)O. The third-order valence-electron chi connectivity index (χ3n) is 2.86. The van der Waals surface area contributed by atoms with Crippen molar-refractivity contribution in [2.45, 2.75) is 38.3 Å². The number of rotatable bonds is 6. The molecule has 0 saturated heterocycles. The molecule has 0 aromatic heterocycles. The molecule has 3 N–H and O–H groups in total. The molecule has 0 aliphatic rings. The Morgan fingerprint density at radius 1 is 1.22 bits per heavy atom. The van der Waals surface area contributed by atoms with Crippen molar-refractivity contribution in [1.29, 1.82) is 0 Å². The Hall–Kier alpha value is -1.39. The lowest BCUT2D eigenvalue weighted by atomic mass is 9.94. The van der Waals surface area contributed by atoms with Gasteiger partial charge in [-0.1, -0.05) is 30.3 Å². The van der Waals surface area contributed by atoms with Gasteiger partial charge in [-0.3, -0.25) is 0 Å². The highest BCUT2D eigenvalue weighted by atomic mass is 16.4. The fourth-order valence-electron chi connectivity index (χ4n) is 1.66. The number of aliphatic hydroxyl groups is 1. The van der Waals surface area contributed by atoms with Gasteiger partial charge in [-0.2, -0.15) is 0 Å². The van der Waals surface area contributed by atoms with Crippen LogP contribution >= 0.6 is 0 Å². The minimum Gasteiger partial charge on any atom is -0.479 e. The van der Waals surface area contributed by atoms with Crippen molar-refractivity contribution in [3.05, 3.63) is 35.9 Å². The van der Waals surface area contributed by atoms with E-state index in [1.54, 1.807) is 0 Å². The van der Waals surface area contributed by atoms with Crippen molar-refractivity contribution in [2.75, 3.05) is 6.54 Å². The Morgan fingerprint density at radius 3 is 2.28 bits per heavy atom. The summed E-state index contributed by atoms with van der Waals surface area (Å²) in [5.74, 6) is -1.22. The molecule has 4 heteroatoms. The highest BCUT2D eigenvalue weighted by Crippen LogP contribution is 2.13. The second-order valence-corrected chi connectivity index (χ2v) is 5.48. The van der Waals surface area contributed by atoms with E-state index in [9.17, 15) is 9.90 Å². The Labute approximate surface area is 108 Å². The van der Waals surface area contributed by atoms with E-state index in [1.165, 1.54) is 12.5 Å². The Kier molecular flexibility index (Phi) is 4.48. The van der Waals surface area contributed by atoms with Crippen LogP contribution < -0.4 is 5.32 Å². The van der Waals surface area contributed by atoms with Crippen LogP contribution in [0.5, 0.6) is 0 Å². The monoisotopic (exact) mass is 251 g/mol. The molecule has 1 unspecified atom stereocenters. The summed E-state index contributed by atoms with van der Waals surface area (Å²) in [6.07, 6.45) is 0.767. The van der Waals surface area contributed by atoms with E-state index in [1.807, 2.05) is 44.2 Å². The van der Waals surface area contributed by atoms with Crippen molar-refractivity contribution in [2.24, 2.45) is 0 Å². The first-order valence-corrected chi connectivity index (χ1v) is 5.98. The highest BCUT2D eigenvalue weighted by molar-refractivity contribution is 5.76. The van der Waals surface area contributed by atoms with E-state index >= 15 is 0 Å². The summed E-state index contributed by atoms with van der Waals surface area (Å²) >= 11 is 0. The number of aliphatic carboxylic acids is 1. The molecule has 18 heavy (non-hydrogen) atoms. The topological polar surface area (TPSA) is 69.6 Å². The lowest BCUT2D eigenvalue weighted by molar-refractivity contribution is -0.156. The standard InChI is InChI=1S/C14H21NO3/c1-13(2,9-11-7-5-4-6-8-11)15-10-14(3,18)12(16)17/h4-8,15,18H,9-10H2,1-3H3,(H,16,17). The van der Waals surface area contributed by atoms with Crippen LogP contribution in [0.1, 0.15) is 26.3 Å². The van der Waals surface area contributed by atoms with Gasteiger partial charge in [-0.25, -0.2) is 4.79 Å². The van der Waals surface area contributed by atoms with Crippen LogP contribution in [0.3, 0.4) is 0 Å². The highest BCUT2D eigenvalue weighted by Gasteiger charge is 2.32. The summed E-state index contributed by atoms with van der Waals surface area (Å²) in [5.41, 5.74) is -0.848. The van der Waals surface area contributed by atoms with Crippen LogP contribution in [0.15, 0.2) is 30.3 Å². The summed E-state index contributed by atoms with van der Waals surface area (Å²) in [5, 5.41) is 21.6. The van der Waals surface area contributed by atoms with Gasteiger partial charge in [0.1, 0.15) is 0 Å². The second kappa shape index (κ2) is 5.50. The number of hydrogen-bond donors (Lipinski definition) is 3. The molecular weight excluding hydrogens is 230 g/mol. The van der Waals surface area contributed by atoms with Crippen molar-refractivity contribution in [3.63, 3.8) is 0 Å². The maximum atomic E-state index is 10.8. The predicted molar refractivity (Wildman–Crippen MR) is 70.5 cm³/mol. The third kappa shape index (κ3) is 4.47. The van der Waals surface area contributed by atoms with Crippen LogP contribution in [0.25, 0.3) is 0 Å². The Morgan fingerprint density at radius 2 is 1.78 bits per heavy atom. The number of nitrogens with one attached hydrogen (secondary N) is 1. The largest absolute Gasteiger partial charge is 0.479 e. The van der Waals surface area contributed by atoms with Gasteiger partial charge in [-0.05, 0) is 32.8 Å². The van der Waals surface area contributed by atoms with Gasteiger partial charge in [0.2, 0.25) is 0 Å². The molecule has 1 rings (SSSR count). The van der Waals surface area contributed by atoms with Crippen LogP contribution in [0, 0.1) is 0 Å². The number of β-amino-alcohol motifs (C(OH)–C–C–N with tert-alkyl or cyclic N) is 1. The lowest BCUT2D eigenvalue weighted by Gasteiger charge is -2.30. The molecule has 0 bridgehead atoms. The van der Waals surface area contributed by atoms with E-state index in [-0.39, 0.29) is 12.1 Å². The van der Waals surface area contributed by atoms with Crippen LogP contribution in [0.2, 0.25) is 0 Å². The van der Waals surface area contributed by atoms with Gasteiger partial charge in [0.15, 0.2) is 5.60 Å². The predicted octanol–water partition coefficient (Wildman–Crippen LogP) is 1.43. The second-order valence-electron chi connectivity index (χ2n) is 5.48. The molecule has 0 heterocycles. The quantitative estimate of drug-likeness (QED) is 0.715. The summed E-state index contributed by atoms with van der Waals surface area (Å²) < 4.78 is 0. The van der Waals surface area contributed by atoms with Crippen molar-refractivity contribution < 1.29 is 15.0 Å². The van der Waals surface area contributed by atoms with Gasteiger partial charge < -0.3 is 15.5 Å². The molecule has 1 atom stereocenters. The minimum atomic E-state index is -1.74. The van der Waals surface area contributed by atoms with Gasteiger partial charge >= 0.3 is 5.97 Å². The summed E-state index contributed by atoms with van der Waals surface area (Å²) in [6, 6.07) is 9.95. The maximum Gasteiger partial charge on any atom is 0.336 e. The molecule has 100 valence electrons. The first-order valence-electron chi connectivity index (χ1n) is 5.98. The van der Waals surface area contributed by atoms with Crippen molar-refractivity contribution in [3.8, 4) is 0 Å². The van der Waals surface area contributed by atoms with E-state index in [2.05, 4.69) is 5.32 Å². The number of hydrogen-bond acceptors (Lipinski definition) is 3. The summed E-state index contributed by atoms with van der Waals surface area (Å²) in [6.45, 7) is 5.28. The molecule has 0 fully saturated rings. The average molecular weight is 251 g/mol. The van der Waals surface area contributed by atoms with E-state index in [0.29, 0.717) is 0 Å². The van der Waals surface area contributed by atoms with Gasteiger partial charge in [0.05, 0.1) is 0 Å². The van der Waals surface area contributed by atoms with Crippen molar-refractivity contribution in [1.82, 2.24) is 5.32 Å². The molecule has 0 amide bonds. The zero-order valence-electron chi connectivity index (χ0n) is 11.1. The molecule has 0 spiro atoms. The Balaban J connectivity index is 2.58. The molecule has 0 aliphatic carbocycles. The fraction of sp³-hybridized carbons (Fsp3) is 0.500. The van der Waals surface area contributed by atoms with Crippen LogP contribution in [0.4, 0.5) is 0 Å². The minimum absolute atomic E-state index is 0.0160. The summed E-state index contributed by atoms with van der Waals surface area (Å²) in [7, 11) is 0. The lowest BCUT2D eigenvalue weighted by Crippen LogP contribution is -2.52. The van der Waals surface area contributed by atoms with Gasteiger partial charge in [0, 0.05) is 12.1 Å². The number of carbonyl (C=O) groups is 1. The van der Waals surface area contributed by atoms with E-state index in [0.717, 1.165) is 6.42 Å². The normalized spacial score (nSPS) is 15.1. The molecule has 0 aliphatic heterocycles. The first kappa shape index (κ1) is 14.7. The van der Waals surface area contributed by atoms with Gasteiger partial charge in [-0.15, -0.1) is 0 Å². The first-order chi connectivity index (χ1) is 8.23. The molecule has 4 nitrogen and oxygen atoms in total. The average Bonchev–Trinajstić information content (AvgIpc) is 2.27. The molecular formula is C14H21NO3. The number of benzene rings is 1. The van der Waals surface area contributed by atoms with E-state index < -0.39 is 11.6 Å². The fourth-order valence-corrected chi connectivity index (χ4v) is 1.66. The smallest absolute Gasteiger partial charge is 0.336 e. The number of carboxylic acids is 1. The zero-order chi connectivity index (χ0) is 13.8. The van der Waals surface area contributed by atoms with Crippen LogP contribution in [-0.4, -0.2) is 33.9 Å². The van der Waals surface area contributed by atoms with Crippen LogP contribution in [-0.2, 0) is 11.2 Å². The van der Waals surface area contributed by atoms with Crippen molar-refractivity contribution >= 4 is 5.97 Å². The molecule has 1 aromatic rings. The zero-order valence-corrected chi connectivity index (χ0v) is 11.1. The maximum absolute atomic E-state index is 10.8. The number of carboxylic acid groups (broad SMARTS) is 1. The summed E-state index contributed by atoms with van der Waals surface area (Å²) in [4.78, 5) is 10.8. The Bertz CT molecular complexity index is 399. The third-order valence-corrected chi connectivity index (χ3v) is 2.86.